The second kappa shape index (κ2) is 7.53. The van der Waals surface area contributed by atoms with Crippen molar-refractivity contribution < 1.29 is 0 Å². The highest BCUT2D eigenvalue weighted by molar-refractivity contribution is 5.63. The molecule has 1 atom stereocenters. The van der Waals surface area contributed by atoms with Crippen LogP contribution in [-0.2, 0) is 0 Å². The standard InChI is InChI=1S/C23H29N/c1-2-9-20(10-3-1)21-12-14-22(15-13-21)23-11-6-16-24(18-23)17-19-7-4-5-8-19/h1-3,9-10,12-15,19,23H,4-8,11,16-18H2. The van der Waals surface area contributed by atoms with E-state index >= 15 is 0 Å². The molecule has 1 heterocycles. The molecule has 0 bridgehead atoms. The van der Waals surface area contributed by atoms with E-state index in [4.69, 9.17) is 0 Å². The minimum absolute atomic E-state index is 0.727. The van der Waals surface area contributed by atoms with Crippen molar-refractivity contribution in [3.8, 4) is 11.1 Å². The Balaban J connectivity index is 1.41. The van der Waals surface area contributed by atoms with Gasteiger partial charge in [-0.1, -0.05) is 67.4 Å². The first-order chi connectivity index (χ1) is 11.9. The van der Waals surface area contributed by atoms with Crippen LogP contribution < -0.4 is 0 Å². The van der Waals surface area contributed by atoms with Gasteiger partial charge in [-0.2, -0.15) is 0 Å². The van der Waals surface area contributed by atoms with Crippen molar-refractivity contribution in [1.29, 1.82) is 0 Å². The van der Waals surface area contributed by atoms with E-state index < -0.39 is 0 Å². The smallest absolute Gasteiger partial charge is 0.00504 e. The van der Waals surface area contributed by atoms with Gasteiger partial charge in [0, 0.05) is 13.1 Å². The molecule has 0 aromatic heterocycles. The summed E-state index contributed by atoms with van der Waals surface area (Å²) in [6.07, 6.45) is 8.56. The lowest BCUT2D eigenvalue weighted by molar-refractivity contribution is 0.179. The fraction of sp³-hybridized carbons (Fsp3) is 0.478. The number of benzene rings is 2. The quantitative estimate of drug-likeness (QED) is 0.696. The maximum absolute atomic E-state index is 2.75. The third-order valence-electron chi connectivity index (χ3n) is 5.99. The monoisotopic (exact) mass is 319 g/mol. The van der Waals surface area contributed by atoms with E-state index in [2.05, 4.69) is 59.5 Å². The molecule has 1 nitrogen and oxygen atoms in total. The molecule has 0 radical (unpaired) electrons. The van der Waals surface area contributed by atoms with Crippen LogP contribution in [0.3, 0.4) is 0 Å². The van der Waals surface area contributed by atoms with Crippen LogP contribution in [0, 0.1) is 5.92 Å². The first kappa shape index (κ1) is 15.9. The zero-order valence-electron chi connectivity index (χ0n) is 14.7. The van der Waals surface area contributed by atoms with Crippen molar-refractivity contribution in [2.45, 2.75) is 44.4 Å². The topological polar surface area (TPSA) is 3.24 Å². The van der Waals surface area contributed by atoms with Crippen molar-refractivity contribution in [1.82, 2.24) is 4.90 Å². The number of rotatable bonds is 4. The molecule has 1 saturated heterocycles. The third kappa shape index (κ3) is 3.72. The molecule has 0 spiro atoms. The first-order valence-corrected chi connectivity index (χ1v) is 9.76. The van der Waals surface area contributed by atoms with E-state index in [1.165, 1.54) is 74.8 Å². The van der Waals surface area contributed by atoms with E-state index in [9.17, 15) is 0 Å². The van der Waals surface area contributed by atoms with Gasteiger partial charge in [0.1, 0.15) is 0 Å². The Labute approximate surface area is 146 Å². The molecule has 2 aromatic rings. The third-order valence-corrected chi connectivity index (χ3v) is 5.99. The fourth-order valence-corrected chi connectivity index (χ4v) is 4.63. The van der Waals surface area contributed by atoms with Gasteiger partial charge in [-0.25, -0.2) is 0 Å². The van der Waals surface area contributed by atoms with Crippen LogP contribution in [0.25, 0.3) is 11.1 Å². The number of likely N-dealkylation sites (tertiary alicyclic amines) is 1. The molecule has 1 saturated carbocycles. The highest BCUT2D eigenvalue weighted by Crippen LogP contribution is 2.31. The predicted octanol–water partition coefficient (Wildman–Crippen LogP) is 5.72. The molecule has 2 aliphatic rings. The van der Waals surface area contributed by atoms with Crippen molar-refractivity contribution in [2.24, 2.45) is 5.92 Å². The second-order valence-electron chi connectivity index (χ2n) is 7.74. The molecule has 2 aromatic carbocycles. The molecule has 0 amide bonds. The van der Waals surface area contributed by atoms with Crippen LogP contribution in [-0.4, -0.2) is 24.5 Å². The van der Waals surface area contributed by atoms with Crippen LogP contribution in [0.2, 0.25) is 0 Å². The molecule has 1 heteroatoms. The lowest BCUT2D eigenvalue weighted by Crippen LogP contribution is -2.37. The molecule has 0 N–H and O–H groups in total. The van der Waals surface area contributed by atoms with Gasteiger partial charge in [-0.05, 0) is 60.8 Å². The number of hydrogen-bond donors (Lipinski definition) is 0. The molecule has 1 aliphatic heterocycles. The molecular formula is C23H29N. The largest absolute Gasteiger partial charge is 0.302 e. The van der Waals surface area contributed by atoms with Crippen molar-refractivity contribution in [2.75, 3.05) is 19.6 Å². The van der Waals surface area contributed by atoms with Crippen molar-refractivity contribution in [3.05, 3.63) is 60.2 Å². The Hall–Kier alpha value is -1.60. The van der Waals surface area contributed by atoms with Gasteiger partial charge in [0.2, 0.25) is 0 Å². The maximum atomic E-state index is 2.75. The van der Waals surface area contributed by atoms with Crippen LogP contribution in [0.1, 0.15) is 50.0 Å². The highest BCUT2D eigenvalue weighted by atomic mass is 15.1. The summed E-state index contributed by atoms with van der Waals surface area (Å²) in [5.41, 5.74) is 4.18. The van der Waals surface area contributed by atoms with E-state index in [0.717, 1.165) is 11.8 Å². The molecule has 24 heavy (non-hydrogen) atoms. The summed E-state index contributed by atoms with van der Waals surface area (Å²) in [5.74, 6) is 1.70. The number of piperidine rings is 1. The van der Waals surface area contributed by atoms with Gasteiger partial charge in [-0.3, -0.25) is 0 Å². The Morgan fingerprint density at radius 1 is 0.750 bits per heavy atom. The average molecular weight is 319 g/mol. The van der Waals surface area contributed by atoms with Crippen molar-refractivity contribution in [3.63, 3.8) is 0 Å². The Morgan fingerprint density at radius 3 is 2.21 bits per heavy atom. The normalized spacial score (nSPS) is 22.8. The van der Waals surface area contributed by atoms with E-state index in [-0.39, 0.29) is 0 Å². The highest BCUT2D eigenvalue weighted by Gasteiger charge is 2.24. The molecular weight excluding hydrogens is 290 g/mol. The zero-order chi connectivity index (χ0) is 16.2. The first-order valence-electron chi connectivity index (χ1n) is 9.76. The maximum Gasteiger partial charge on any atom is 0.00504 e. The van der Waals surface area contributed by atoms with Crippen LogP contribution in [0.15, 0.2) is 54.6 Å². The van der Waals surface area contributed by atoms with E-state index in [1.807, 2.05) is 0 Å². The fourth-order valence-electron chi connectivity index (χ4n) is 4.63. The van der Waals surface area contributed by atoms with Crippen LogP contribution >= 0.6 is 0 Å². The summed E-state index contributed by atoms with van der Waals surface area (Å²) in [5, 5.41) is 0. The predicted molar refractivity (Wildman–Crippen MR) is 102 cm³/mol. The molecule has 1 aliphatic carbocycles. The van der Waals surface area contributed by atoms with Gasteiger partial charge in [-0.15, -0.1) is 0 Å². The molecule has 1 unspecified atom stereocenters. The van der Waals surface area contributed by atoms with Gasteiger partial charge in [0.25, 0.3) is 0 Å². The SMILES string of the molecule is c1ccc(-c2ccc(C3CCCN(CC4CCCC4)C3)cc2)cc1. The Kier molecular flexibility index (Phi) is 4.99. The zero-order valence-corrected chi connectivity index (χ0v) is 14.7. The van der Waals surface area contributed by atoms with Crippen LogP contribution in [0.5, 0.6) is 0 Å². The molecule has 4 rings (SSSR count). The number of nitrogens with zero attached hydrogens (tertiary/aromatic N) is 1. The van der Waals surface area contributed by atoms with Gasteiger partial charge < -0.3 is 4.90 Å². The van der Waals surface area contributed by atoms with Gasteiger partial charge in [0.15, 0.2) is 0 Å². The summed E-state index contributed by atoms with van der Waals surface area (Å²) in [6.45, 7) is 3.93. The number of hydrogen-bond acceptors (Lipinski definition) is 1. The summed E-state index contributed by atoms with van der Waals surface area (Å²) in [7, 11) is 0. The summed E-state index contributed by atoms with van der Waals surface area (Å²) >= 11 is 0. The van der Waals surface area contributed by atoms with E-state index in [1.54, 1.807) is 0 Å². The molecule has 126 valence electrons. The lowest BCUT2D eigenvalue weighted by atomic mass is 9.89. The summed E-state index contributed by atoms with van der Waals surface area (Å²) in [4.78, 5) is 2.75. The lowest BCUT2D eigenvalue weighted by Gasteiger charge is -2.34. The van der Waals surface area contributed by atoms with Gasteiger partial charge in [0.05, 0.1) is 0 Å². The second-order valence-corrected chi connectivity index (χ2v) is 7.74. The molecule has 2 fully saturated rings. The Morgan fingerprint density at radius 2 is 1.46 bits per heavy atom. The average Bonchev–Trinajstić information content (AvgIpc) is 3.16. The summed E-state index contributed by atoms with van der Waals surface area (Å²) in [6, 6.07) is 20.0. The minimum atomic E-state index is 0.727. The minimum Gasteiger partial charge on any atom is -0.302 e. The van der Waals surface area contributed by atoms with Crippen LogP contribution in [0.4, 0.5) is 0 Å². The summed E-state index contributed by atoms with van der Waals surface area (Å²) < 4.78 is 0. The van der Waals surface area contributed by atoms with E-state index in [0.29, 0.717) is 0 Å². The van der Waals surface area contributed by atoms with Crippen molar-refractivity contribution >= 4 is 0 Å². The Bertz CT molecular complexity index is 625. The van der Waals surface area contributed by atoms with Gasteiger partial charge >= 0.3 is 0 Å².